The van der Waals surface area contributed by atoms with E-state index in [1.54, 1.807) is 0 Å². The maximum absolute atomic E-state index is 6.70. The van der Waals surface area contributed by atoms with Gasteiger partial charge in [0, 0.05) is 6.42 Å². The molecule has 2 unspecified atom stereocenters. The van der Waals surface area contributed by atoms with Crippen molar-refractivity contribution in [2.75, 3.05) is 0 Å². The summed E-state index contributed by atoms with van der Waals surface area (Å²) in [5, 5.41) is 0. The largest absolute Gasteiger partial charge is 0.344 e. The average molecular weight is 613 g/mol. The van der Waals surface area contributed by atoms with Gasteiger partial charge in [-0.15, -0.1) is 0 Å². The van der Waals surface area contributed by atoms with E-state index in [0.29, 0.717) is 12.2 Å². The minimum Gasteiger partial charge on any atom is -0.344 e. The second-order valence-corrected chi connectivity index (χ2v) is 13.4. The van der Waals surface area contributed by atoms with E-state index in [0.717, 1.165) is 32.1 Å². The zero-order chi connectivity index (χ0) is 31.8. The third-order valence-electron chi connectivity index (χ3n) is 9.20. The smallest absolute Gasteiger partial charge is 0.169 e. The van der Waals surface area contributed by atoms with Crippen LogP contribution in [0.1, 0.15) is 201 Å². The molecule has 0 aromatic rings. The van der Waals surface area contributed by atoms with E-state index in [1.165, 1.54) is 141 Å². The van der Waals surface area contributed by atoms with E-state index in [2.05, 4.69) is 76.3 Å². The molecular formula is C42H76O2. The van der Waals surface area contributed by atoms with Gasteiger partial charge in [0.2, 0.25) is 0 Å². The molecule has 0 spiro atoms. The van der Waals surface area contributed by atoms with E-state index in [1.807, 2.05) is 0 Å². The highest BCUT2D eigenvalue weighted by molar-refractivity contribution is 4.93. The summed E-state index contributed by atoms with van der Waals surface area (Å²) >= 11 is 0. The molecule has 1 heterocycles. The summed E-state index contributed by atoms with van der Waals surface area (Å²) in [6.07, 6.45) is 53.3. The van der Waals surface area contributed by atoms with Crippen LogP contribution in [0.3, 0.4) is 0 Å². The second kappa shape index (κ2) is 30.5. The summed E-state index contributed by atoms with van der Waals surface area (Å²) in [5.74, 6) is -0.321. The summed E-state index contributed by atoms with van der Waals surface area (Å²) in [5.41, 5.74) is 0. The lowest BCUT2D eigenvalue weighted by Crippen LogP contribution is -2.30. The SMILES string of the molecule is CCCCC/C=C\C/C=C\CCCCCCCC1OC(CC)(CCC)OC1CCCCCCC/C=C\C/C=C\CCCCC. The molecule has 1 fully saturated rings. The van der Waals surface area contributed by atoms with E-state index in [4.69, 9.17) is 9.47 Å². The van der Waals surface area contributed by atoms with Crippen LogP contribution in [0.4, 0.5) is 0 Å². The maximum Gasteiger partial charge on any atom is 0.169 e. The molecule has 0 N–H and O–H groups in total. The van der Waals surface area contributed by atoms with Crippen molar-refractivity contribution < 1.29 is 9.47 Å². The fraction of sp³-hybridized carbons (Fsp3) is 0.810. The maximum atomic E-state index is 6.70. The lowest BCUT2D eigenvalue weighted by molar-refractivity contribution is -0.183. The van der Waals surface area contributed by atoms with Gasteiger partial charge >= 0.3 is 0 Å². The Morgan fingerprint density at radius 1 is 0.409 bits per heavy atom. The average Bonchev–Trinajstić information content (AvgIpc) is 3.38. The lowest BCUT2D eigenvalue weighted by atomic mass is 9.99. The van der Waals surface area contributed by atoms with Crippen LogP contribution in [0.25, 0.3) is 0 Å². The third kappa shape index (κ3) is 22.4. The molecule has 0 aliphatic carbocycles. The van der Waals surface area contributed by atoms with Gasteiger partial charge in [-0.2, -0.15) is 0 Å². The molecule has 2 atom stereocenters. The third-order valence-corrected chi connectivity index (χ3v) is 9.20. The molecule has 1 rings (SSSR count). The first-order valence-corrected chi connectivity index (χ1v) is 19.7. The zero-order valence-corrected chi connectivity index (χ0v) is 30.2. The van der Waals surface area contributed by atoms with Crippen LogP contribution in [0, 0.1) is 0 Å². The predicted molar refractivity (Wildman–Crippen MR) is 196 cm³/mol. The highest BCUT2D eigenvalue weighted by Crippen LogP contribution is 2.39. The van der Waals surface area contributed by atoms with Crippen LogP contribution in [0.2, 0.25) is 0 Å². The first-order valence-electron chi connectivity index (χ1n) is 19.7. The Balaban J connectivity index is 2.17. The highest BCUT2D eigenvalue weighted by atomic mass is 16.8. The van der Waals surface area contributed by atoms with Gasteiger partial charge in [0.25, 0.3) is 0 Å². The molecule has 1 aliphatic heterocycles. The van der Waals surface area contributed by atoms with Crippen molar-refractivity contribution in [3.8, 4) is 0 Å². The van der Waals surface area contributed by atoms with Gasteiger partial charge in [0.1, 0.15) is 0 Å². The molecule has 44 heavy (non-hydrogen) atoms. The molecule has 1 aliphatic rings. The fourth-order valence-corrected chi connectivity index (χ4v) is 6.38. The Labute approximate surface area is 276 Å². The molecule has 0 aromatic carbocycles. The van der Waals surface area contributed by atoms with Crippen LogP contribution in [-0.4, -0.2) is 18.0 Å². The van der Waals surface area contributed by atoms with Crippen LogP contribution in [0.15, 0.2) is 48.6 Å². The molecule has 2 heteroatoms. The van der Waals surface area contributed by atoms with E-state index in [9.17, 15) is 0 Å². The highest BCUT2D eigenvalue weighted by Gasteiger charge is 2.44. The summed E-state index contributed by atoms with van der Waals surface area (Å²) < 4.78 is 13.4. The molecule has 0 aromatic heterocycles. The molecule has 0 bridgehead atoms. The van der Waals surface area contributed by atoms with Gasteiger partial charge in [-0.25, -0.2) is 0 Å². The molecule has 0 amide bonds. The molecule has 0 saturated carbocycles. The van der Waals surface area contributed by atoms with E-state index >= 15 is 0 Å². The Kier molecular flexibility index (Phi) is 28.4. The van der Waals surface area contributed by atoms with Gasteiger partial charge < -0.3 is 9.47 Å². The van der Waals surface area contributed by atoms with Crippen molar-refractivity contribution in [3.63, 3.8) is 0 Å². The zero-order valence-electron chi connectivity index (χ0n) is 30.2. The number of rotatable bonds is 31. The number of ether oxygens (including phenoxy) is 2. The standard InChI is InChI=1S/C42H76O2/c1-5-9-11-13-15-17-19-21-23-25-27-29-31-33-35-37-40-41(44-42(8-4,43-40)39-7-3)38-36-34-32-30-28-26-24-22-20-18-16-14-12-10-6-2/h15-18,21-24,40-41H,5-14,19-20,25-39H2,1-4H3/b17-15-,18-16-,23-21-,24-22-. The Hall–Kier alpha value is -1.12. The molecule has 256 valence electrons. The molecular weight excluding hydrogens is 536 g/mol. The van der Waals surface area contributed by atoms with Gasteiger partial charge in [-0.3, -0.25) is 0 Å². The van der Waals surface area contributed by atoms with Crippen molar-refractivity contribution in [2.24, 2.45) is 0 Å². The predicted octanol–water partition coefficient (Wildman–Crippen LogP) is 14.3. The van der Waals surface area contributed by atoms with Gasteiger partial charge in [0.15, 0.2) is 5.79 Å². The van der Waals surface area contributed by atoms with Crippen molar-refractivity contribution in [1.82, 2.24) is 0 Å². The molecule has 1 saturated heterocycles. The van der Waals surface area contributed by atoms with Crippen LogP contribution in [-0.2, 0) is 9.47 Å². The molecule has 0 radical (unpaired) electrons. The molecule has 2 nitrogen and oxygen atoms in total. The van der Waals surface area contributed by atoms with Crippen molar-refractivity contribution >= 4 is 0 Å². The first-order chi connectivity index (χ1) is 21.7. The lowest BCUT2D eigenvalue weighted by Gasteiger charge is -2.26. The number of allylic oxidation sites excluding steroid dienone is 8. The second-order valence-electron chi connectivity index (χ2n) is 13.4. The Morgan fingerprint density at radius 3 is 1.14 bits per heavy atom. The monoisotopic (exact) mass is 613 g/mol. The van der Waals surface area contributed by atoms with Crippen LogP contribution >= 0.6 is 0 Å². The Bertz CT molecular complexity index is 663. The first kappa shape index (κ1) is 40.9. The van der Waals surface area contributed by atoms with Gasteiger partial charge in [-0.1, -0.05) is 160 Å². The van der Waals surface area contributed by atoms with Crippen LogP contribution in [0.5, 0.6) is 0 Å². The minimum absolute atomic E-state index is 0.297. The van der Waals surface area contributed by atoms with E-state index in [-0.39, 0.29) is 5.79 Å². The van der Waals surface area contributed by atoms with E-state index < -0.39 is 0 Å². The quantitative estimate of drug-likeness (QED) is 0.0573. The summed E-state index contributed by atoms with van der Waals surface area (Å²) in [6.45, 7) is 9.04. The number of unbranched alkanes of at least 4 members (excludes halogenated alkanes) is 16. The van der Waals surface area contributed by atoms with Gasteiger partial charge in [-0.05, 0) is 83.5 Å². The number of hydrogen-bond acceptors (Lipinski definition) is 2. The summed E-state index contributed by atoms with van der Waals surface area (Å²) in [6, 6.07) is 0. The fourth-order valence-electron chi connectivity index (χ4n) is 6.38. The minimum atomic E-state index is -0.321. The summed E-state index contributed by atoms with van der Waals surface area (Å²) in [7, 11) is 0. The van der Waals surface area contributed by atoms with Crippen LogP contribution < -0.4 is 0 Å². The van der Waals surface area contributed by atoms with Crippen molar-refractivity contribution in [3.05, 3.63) is 48.6 Å². The van der Waals surface area contributed by atoms with Crippen molar-refractivity contribution in [1.29, 1.82) is 0 Å². The topological polar surface area (TPSA) is 18.5 Å². The normalized spacial score (nSPS) is 20.9. The summed E-state index contributed by atoms with van der Waals surface area (Å²) in [4.78, 5) is 0. The Morgan fingerprint density at radius 2 is 0.773 bits per heavy atom. The van der Waals surface area contributed by atoms with Gasteiger partial charge in [0.05, 0.1) is 12.2 Å². The van der Waals surface area contributed by atoms with Crippen molar-refractivity contribution in [2.45, 2.75) is 219 Å². The number of hydrogen-bond donors (Lipinski definition) is 0.